The van der Waals surface area contributed by atoms with Gasteiger partial charge in [0.1, 0.15) is 11.3 Å². The molecule has 0 aliphatic carbocycles. The summed E-state index contributed by atoms with van der Waals surface area (Å²) in [5.41, 5.74) is -0.755. The third-order valence-corrected chi connectivity index (χ3v) is 11.3. The SMILES string of the molecule is CCO[Si](OCC)(OCC)C(CC)NC(=O)NC(CC)[Si](OCC)(OCC)OCC. The first-order valence-electron chi connectivity index (χ1n) is 11.3. The van der Waals surface area contributed by atoms with Gasteiger partial charge in [-0.2, -0.15) is 0 Å². The van der Waals surface area contributed by atoms with Gasteiger partial charge in [-0.25, -0.2) is 4.79 Å². The molecule has 0 aliphatic heterocycles. The predicted octanol–water partition coefficient (Wildman–Crippen LogP) is 3.02. The minimum absolute atomic E-state index is 0.347. The molecule has 0 saturated carbocycles. The molecule has 30 heavy (non-hydrogen) atoms. The zero-order chi connectivity index (χ0) is 23.0. The minimum Gasteiger partial charge on any atom is -0.373 e. The molecule has 2 unspecified atom stereocenters. The lowest BCUT2D eigenvalue weighted by molar-refractivity contribution is 0.0561. The summed E-state index contributed by atoms with van der Waals surface area (Å²) in [6.45, 7) is 18.0. The third-order valence-electron chi connectivity index (χ3n) is 4.35. The van der Waals surface area contributed by atoms with Crippen molar-refractivity contribution in [1.82, 2.24) is 10.6 Å². The van der Waals surface area contributed by atoms with Crippen LogP contribution in [0.2, 0.25) is 0 Å². The summed E-state index contributed by atoms with van der Waals surface area (Å²) in [5, 5.41) is 6.04. The fourth-order valence-electron chi connectivity index (χ4n) is 3.30. The smallest absolute Gasteiger partial charge is 0.373 e. The van der Waals surface area contributed by atoms with E-state index in [2.05, 4.69) is 10.6 Å². The van der Waals surface area contributed by atoms with Crippen LogP contribution in [0.4, 0.5) is 4.79 Å². The first kappa shape index (κ1) is 29.5. The predicted molar refractivity (Wildman–Crippen MR) is 121 cm³/mol. The van der Waals surface area contributed by atoms with Gasteiger partial charge in [0, 0.05) is 39.6 Å². The van der Waals surface area contributed by atoms with Crippen LogP contribution in [0.3, 0.4) is 0 Å². The summed E-state index contributed by atoms with van der Waals surface area (Å²) in [6.07, 6.45) is 1.22. The van der Waals surface area contributed by atoms with E-state index in [0.717, 1.165) is 0 Å². The van der Waals surface area contributed by atoms with E-state index >= 15 is 0 Å². The molecule has 0 saturated heterocycles. The number of urea groups is 1. The molecule has 0 aliphatic rings. The van der Waals surface area contributed by atoms with Gasteiger partial charge in [0.2, 0.25) is 0 Å². The summed E-state index contributed by atoms with van der Waals surface area (Å²) in [5.74, 6) is 0. The summed E-state index contributed by atoms with van der Waals surface area (Å²) in [6, 6.07) is -0.347. The van der Waals surface area contributed by atoms with E-state index in [1.54, 1.807) is 0 Å². The quantitative estimate of drug-likeness (QED) is 0.298. The van der Waals surface area contributed by atoms with Gasteiger partial charge in [0.25, 0.3) is 0 Å². The Bertz CT molecular complexity index is 389. The number of hydrogen-bond acceptors (Lipinski definition) is 7. The molecular weight excluding hydrogens is 424 g/mol. The van der Waals surface area contributed by atoms with E-state index in [9.17, 15) is 4.79 Å². The number of carbonyl (C=O) groups is 1. The lowest BCUT2D eigenvalue weighted by Gasteiger charge is -2.37. The summed E-state index contributed by atoms with van der Waals surface area (Å²) in [4.78, 5) is 13.0. The van der Waals surface area contributed by atoms with E-state index in [0.29, 0.717) is 52.5 Å². The van der Waals surface area contributed by atoms with Crippen molar-refractivity contribution >= 4 is 23.6 Å². The maximum Gasteiger partial charge on any atom is 0.524 e. The molecule has 0 heterocycles. The second-order valence-electron chi connectivity index (χ2n) is 6.34. The Kier molecular flexibility index (Phi) is 15.9. The van der Waals surface area contributed by atoms with Crippen LogP contribution in [0.15, 0.2) is 0 Å². The monoisotopic (exact) mass is 468 g/mol. The van der Waals surface area contributed by atoms with E-state index in [1.165, 1.54) is 0 Å². The normalized spacial score (nSPS) is 14.4. The van der Waals surface area contributed by atoms with E-state index in [1.807, 2.05) is 55.4 Å². The highest BCUT2D eigenvalue weighted by molar-refractivity contribution is 6.63. The first-order valence-corrected chi connectivity index (χ1v) is 14.9. The second-order valence-corrected chi connectivity index (χ2v) is 11.9. The lowest BCUT2D eigenvalue weighted by Crippen LogP contribution is -2.67. The standard InChI is InChI=1S/C19H44N2O7Si2/c1-9-17(29(23-11-3,24-12-4)25-13-5)20-19(22)21-18(10-2)30(26-14-6,27-15-7)28-16-8/h17-18H,9-16H2,1-8H3,(H2,20,21,22). The largest absolute Gasteiger partial charge is 0.524 e. The Morgan fingerprint density at radius 2 is 0.800 bits per heavy atom. The number of amides is 2. The fraction of sp³-hybridized carbons (Fsp3) is 0.947. The zero-order valence-electron chi connectivity index (χ0n) is 20.2. The van der Waals surface area contributed by atoms with Crippen LogP contribution in [0.5, 0.6) is 0 Å². The molecule has 0 aromatic carbocycles. The number of nitrogens with one attached hydrogen (secondary N) is 2. The van der Waals surface area contributed by atoms with Gasteiger partial charge in [0.15, 0.2) is 0 Å². The van der Waals surface area contributed by atoms with E-state index in [4.69, 9.17) is 26.6 Å². The van der Waals surface area contributed by atoms with E-state index in [-0.39, 0.29) is 17.4 Å². The highest BCUT2D eigenvalue weighted by Crippen LogP contribution is 2.20. The van der Waals surface area contributed by atoms with Crippen molar-refractivity contribution < 1.29 is 31.4 Å². The molecule has 0 aromatic heterocycles. The highest BCUT2D eigenvalue weighted by atomic mass is 28.4. The van der Waals surface area contributed by atoms with Crippen LogP contribution >= 0.6 is 0 Å². The molecule has 2 N–H and O–H groups in total. The van der Waals surface area contributed by atoms with Crippen molar-refractivity contribution in [2.24, 2.45) is 0 Å². The Balaban J connectivity index is 5.58. The molecule has 0 rings (SSSR count). The molecule has 0 aromatic rings. The molecule has 0 fully saturated rings. The van der Waals surface area contributed by atoms with Gasteiger partial charge < -0.3 is 37.2 Å². The minimum atomic E-state index is -3.09. The number of hydrogen-bond donors (Lipinski definition) is 2. The summed E-state index contributed by atoms with van der Waals surface area (Å²) in [7, 11) is -6.19. The molecular formula is C19H44N2O7Si2. The average Bonchev–Trinajstić information content (AvgIpc) is 2.71. The second kappa shape index (κ2) is 16.1. The summed E-state index contributed by atoms with van der Waals surface area (Å²) < 4.78 is 35.8. The molecule has 2 amide bonds. The highest BCUT2D eigenvalue weighted by Gasteiger charge is 2.52. The van der Waals surface area contributed by atoms with Crippen molar-refractivity contribution in [1.29, 1.82) is 0 Å². The van der Waals surface area contributed by atoms with Gasteiger partial charge in [-0.15, -0.1) is 0 Å². The van der Waals surface area contributed by atoms with Crippen molar-refractivity contribution in [3.63, 3.8) is 0 Å². The maximum absolute atomic E-state index is 13.0. The molecule has 180 valence electrons. The van der Waals surface area contributed by atoms with Crippen LogP contribution in [0.25, 0.3) is 0 Å². The Morgan fingerprint density at radius 3 is 0.967 bits per heavy atom. The average molecular weight is 469 g/mol. The molecule has 2 atom stereocenters. The lowest BCUT2D eigenvalue weighted by atomic mass is 10.4. The van der Waals surface area contributed by atoms with Crippen molar-refractivity contribution in [2.45, 2.75) is 79.6 Å². The number of rotatable bonds is 18. The maximum atomic E-state index is 13.0. The van der Waals surface area contributed by atoms with Crippen molar-refractivity contribution in [3.8, 4) is 0 Å². The fourth-order valence-corrected chi connectivity index (χ4v) is 9.04. The van der Waals surface area contributed by atoms with Gasteiger partial charge in [-0.05, 0) is 54.4 Å². The number of carbonyl (C=O) groups excluding carboxylic acids is 1. The van der Waals surface area contributed by atoms with Gasteiger partial charge >= 0.3 is 23.6 Å². The van der Waals surface area contributed by atoms with Crippen LogP contribution < -0.4 is 10.6 Å². The van der Waals surface area contributed by atoms with Crippen LogP contribution in [0, 0.1) is 0 Å². The molecule has 0 spiro atoms. The summed E-state index contributed by atoms with van der Waals surface area (Å²) >= 11 is 0. The van der Waals surface area contributed by atoms with Gasteiger partial charge in [-0.1, -0.05) is 13.8 Å². The molecule has 0 radical (unpaired) electrons. The zero-order valence-corrected chi connectivity index (χ0v) is 22.2. The third kappa shape index (κ3) is 8.54. The molecule has 11 heteroatoms. The Labute approximate surface area is 185 Å². The van der Waals surface area contributed by atoms with E-state index < -0.39 is 17.6 Å². The van der Waals surface area contributed by atoms with Gasteiger partial charge in [0.05, 0.1) is 0 Å². The van der Waals surface area contributed by atoms with Crippen molar-refractivity contribution in [3.05, 3.63) is 0 Å². The van der Waals surface area contributed by atoms with Gasteiger partial charge in [-0.3, -0.25) is 0 Å². The Morgan fingerprint density at radius 1 is 0.567 bits per heavy atom. The van der Waals surface area contributed by atoms with Crippen molar-refractivity contribution in [2.75, 3.05) is 39.6 Å². The molecule has 0 bridgehead atoms. The molecule has 9 nitrogen and oxygen atoms in total. The van der Waals surface area contributed by atoms with Crippen LogP contribution in [-0.4, -0.2) is 74.6 Å². The topological polar surface area (TPSA) is 96.5 Å². The van der Waals surface area contributed by atoms with Crippen LogP contribution in [0.1, 0.15) is 68.2 Å². The Hall–Kier alpha value is -0.536. The van der Waals surface area contributed by atoms with Crippen LogP contribution in [-0.2, 0) is 26.6 Å². The first-order chi connectivity index (χ1) is 14.4.